The molecule has 4 rings (SSSR count). The molecular formula is C22H20F3N5O4S. The number of halogens is 3. The number of carbonyl (C=O) groups is 2. The predicted octanol–water partition coefficient (Wildman–Crippen LogP) is 3.42. The number of alkyl halides is 3. The normalized spacial score (nSPS) is 17.9. The number of aliphatic hydroxyl groups excluding tert-OH is 1. The van der Waals surface area contributed by atoms with Crippen LogP contribution in [0, 0.1) is 6.92 Å². The Labute approximate surface area is 201 Å². The van der Waals surface area contributed by atoms with Crippen LogP contribution in [0.15, 0.2) is 36.7 Å². The number of anilines is 2. The van der Waals surface area contributed by atoms with E-state index in [4.69, 9.17) is 4.74 Å². The van der Waals surface area contributed by atoms with Gasteiger partial charge in [-0.25, -0.2) is 19.7 Å². The number of ether oxygens (including phenoxy) is 1. The number of nitrogens with one attached hydrogen (secondary N) is 1. The van der Waals surface area contributed by atoms with Crippen molar-refractivity contribution < 1.29 is 32.6 Å². The van der Waals surface area contributed by atoms with Gasteiger partial charge in [0.1, 0.15) is 11.7 Å². The minimum absolute atomic E-state index is 0.0109. The number of methoxy groups -OCH3 is 1. The summed E-state index contributed by atoms with van der Waals surface area (Å²) in [5.41, 5.74) is 0.855. The summed E-state index contributed by atoms with van der Waals surface area (Å²) in [4.78, 5) is 38.4. The molecule has 1 saturated heterocycles. The van der Waals surface area contributed by atoms with Gasteiger partial charge in [-0.2, -0.15) is 13.2 Å². The van der Waals surface area contributed by atoms with E-state index in [1.165, 1.54) is 18.2 Å². The highest BCUT2D eigenvalue weighted by Gasteiger charge is 2.40. The predicted molar refractivity (Wildman–Crippen MR) is 120 cm³/mol. The molecule has 0 bridgehead atoms. The lowest BCUT2D eigenvalue weighted by molar-refractivity contribution is -0.145. The highest BCUT2D eigenvalue weighted by Crippen LogP contribution is 2.32. The van der Waals surface area contributed by atoms with Crippen LogP contribution in [0.25, 0.3) is 10.4 Å². The largest absolute Gasteiger partial charge is 0.467 e. The number of β-amino-alcohol motifs (C(OH)–C–C–N with tert-alkyl or cyclic N) is 1. The van der Waals surface area contributed by atoms with Crippen LogP contribution in [0.4, 0.5) is 24.8 Å². The second-order valence-corrected chi connectivity index (χ2v) is 8.92. The first-order valence-corrected chi connectivity index (χ1v) is 11.2. The van der Waals surface area contributed by atoms with Gasteiger partial charge in [-0.1, -0.05) is 6.07 Å². The molecule has 13 heteroatoms. The zero-order valence-corrected chi connectivity index (χ0v) is 19.4. The van der Waals surface area contributed by atoms with Crippen molar-refractivity contribution in [3.05, 3.63) is 52.9 Å². The molecule has 184 valence electrons. The average molecular weight is 507 g/mol. The topological polar surface area (TPSA) is 118 Å². The summed E-state index contributed by atoms with van der Waals surface area (Å²) in [6.07, 6.45) is -2.84. The van der Waals surface area contributed by atoms with Crippen LogP contribution in [0.2, 0.25) is 0 Å². The number of aliphatic hydroxyl groups is 1. The Bertz CT molecular complexity index is 1270. The van der Waals surface area contributed by atoms with Crippen molar-refractivity contribution in [1.82, 2.24) is 19.9 Å². The SMILES string of the molecule is COC(=O)[C@@H]1CC(O)CN1C(=O)c1ncc(-c2cc(C)cc(Nc3nccc(C(F)(F)F)n3)c2)s1. The Morgan fingerprint density at radius 2 is 2.03 bits per heavy atom. The minimum atomic E-state index is -4.60. The van der Waals surface area contributed by atoms with Gasteiger partial charge >= 0.3 is 12.1 Å². The molecule has 35 heavy (non-hydrogen) atoms. The van der Waals surface area contributed by atoms with Crippen LogP contribution >= 0.6 is 11.3 Å². The first-order valence-electron chi connectivity index (χ1n) is 10.4. The summed E-state index contributed by atoms with van der Waals surface area (Å²) in [5, 5.41) is 12.8. The number of aryl methyl sites for hydroxylation is 1. The second-order valence-electron chi connectivity index (χ2n) is 7.89. The van der Waals surface area contributed by atoms with E-state index < -0.39 is 35.9 Å². The maximum absolute atomic E-state index is 13.0. The van der Waals surface area contributed by atoms with E-state index in [-0.39, 0.29) is 23.9 Å². The highest BCUT2D eigenvalue weighted by atomic mass is 32.1. The van der Waals surface area contributed by atoms with Crippen molar-refractivity contribution in [2.45, 2.75) is 31.7 Å². The molecule has 2 aromatic heterocycles. The van der Waals surface area contributed by atoms with Crippen LogP contribution in [0.5, 0.6) is 0 Å². The lowest BCUT2D eigenvalue weighted by Crippen LogP contribution is -2.41. The van der Waals surface area contributed by atoms with E-state index in [0.717, 1.165) is 29.2 Å². The number of carbonyl (C=O) groups excluding carboxylic acids is 2. The molecule has 3 aromatic rings. The molecule has 2 atom stereocenters. The Morgan fingerprint density at radius 1 is 1.26 bits per heavy atom. The molecule has 1 fully saturated rings. The van der Waals surface area contributed by atoms with E-state index in [1.807, 2.05) is 6.07 Å². The van der Waals surface area contributed by atoms with Gasteiger partial charge in [0.2, 0.25) is 5.95 Å². The van der Waals surface area contributed by atoms with Crippen molar-refractivity contribution in [1.29, 1.82) is 0 Å². The highest BCUT2D eigenvalue weighted by molar-refractivity contribution is 7.17. The van der Waals surface area contributed by atoms with Gasteiger partial charge in [-0.05, 0) is 36.2 Å². The number of aromatic nitrogens is 3. The van der Waals surface area contributed by atoms with Gasteiger partial charge in [0.15, 0.2) is 5.01 Å². The monoisotopic (exact) mass is 507 g/mol. The van der Waals surface area contributed by atoms with Gasteiger partial charge in [0, 0.05) is 31.0 Å². The summed E-state index contributed by atoms with van der Waals surface area (Å²) < 4.78 is 43.6. The minimum Gasteiger partial charge on any atom is -0.467 e. The van der Waals surface area contributed by atoms with Crippen LogP contribution in [-0.2, 0) is 15.7 Å². The van der Waals surface area contributed by atoms with Crippen LogP contribution < -0.4 is 5.32 Å². The van der Waals surface area contributed by atoms with E-state index in [2.05, 4.69) is 20.3 Å². The number of hydrogen-bond donors (Lipinski definition) is 2. The molecule has 2 N–H and O–H groups in total. The number of amides is 1. The molecule has 0 aliphatic carbocycles. The summed E-state index contributed by atoms with van der Waals surface area (Å²) in [6.45, 7) is 1.80. The quantitative estimate of drug-likeness (QED) is 0.505. The van der Waals surface area contributed by atoms with Crippen molar-refractivity contribution in [3.8, 4) is 10.4 Å². The third-order valence-corrected chi connectivity index (χ3v) is 6.30. The average Bonchev–Trinajstić information content (AvgIpc) is 3.44. The fraction of sp³-hybridized carbons (Fsp3) is 0.318. The lowest BCUT2D eigenvalue weighted by atomic mass is 10.1. The zero-order valence-electron chi connectivity index (χ0n) is 18.5. The van der Waals surface area contributed by atoms with E-state index >= 15 is 0 Å². The van der Waals surface area contributed by atoms with Crippen LogP contribution in [0.1, 0.15) is 27.5 Å². The lowest BCUT2D eigenvalue weighted by Gasteiger charge is -2.20. The van der Waals surface area contributed by atoms with Gasteiger partial charge in [0.25, 0.3) is 5.91 Å². The van der Waals surface area contributed by atoms with Crippen molar-refractivity contribution in [3.63, 3.8) is 0 Å². The van der Waals surface area contributed by atoms with Crippen molar-refractivity contribution in [2.24, 2.45) is 0 Å². The molecule has 1 aliphatic heterocycles. The van der Waals surface area contributed by atoms with Crippen LogP contribution in [-0.4, -0.2) is 62.6 Å². The number of likely N-dealkylation sites (tertiary alicyclic amines) is 1. The first kappa shape index (κ1) is 24.5. The summed E-state index contributed by atoms with van der Waals surface area (Å²) in [5.74, 6) is -1.33. The molecule has 0 radical (unpaired) electrons. The molecule has 1 unspecified atom stereocenters. The smallest absolute Gasteiger partial charge is 0.433 e. The second kappa shape index (κ2) is 9.58. The fourth-order valence-electron chi connectivity index (χ4n) is 3.73. The number of rotatable bonds is 5. The van der Waals surface area contributed by atoms with Gasteiger partial charge in [0.05, 0.1) is 18.1 Å². The molecular weight excluding hydrogens is 487 g/mol. The zero-order chi connectivity index (χ0) is 25.3. The van der Waals surface area contributed by atoms with E-state index in [9.17, 15) is 27.9 Å². The summed E-state index contributed by atoms with van der Waals surface area (Å²) >= 11 is 1.09. The molecule has 1 aliphatic rings. The molecule has 0 spiro atoms. The first-order chi connectivity index (χ1) is 16.5. The third-order valence-electron chi connectivity index (χ3n) is 5.27. The Morgan fingerprint density at radius 3 is 2.74 bits per heavy atom. The van der Waals surface area contributed by atoms with Crippen LogP contribution in [0.3, 0.4) is 0 Å². The number of nitrogens with zero attached hydrogens (tertiary/aromatic N) is 4. The number of esters is 1. The maximum atomic E-state index is 13.0. The van der Waals surface area contributed by atoms with Crippen molar-refractivity contribution >= 4 is 34.8 Å². The van der Waals surface area contributed by atoms with Gasteiger partial charge in [-0.3, -0.25) is 4.79 Å². The van der Waals surface area contributed by atoms with E-state index in [1.54, 1.807) is 19.1 Å². The third kappa shape index (κ3) is 5.41. The number of benzene rings is 1. The number of hydrogen-bond acceptors (Lipinski definition) is 9. The number of thiazole rings is 1. The standard InChI is InChI=1S/C22H20F3N5O4S/c1-11-5-12(7-13(6-11)28-21-26-4-3-17(29-21)22(23,24)25)16-9-27-18(35-16)19(32)30-10-14(31)8-15(30)20(33)34-2/h3-7,9,14-15,31H,8,10H2,1-2H3,(H,26,28,29)/t14?,15-/m0/s1. The Balaban J connectivity index is 1.57. The van der Waals surface area contributed by atoms with Gasteiger partial charge < -0.3 is 20.1 Å². The summed E-state index contributed by atoms with van der Waals surface area (Å²) in [6, 6.07) is 5.11. The Kier molecular flexibility index (Phi) is 6.72. The Hall–Kier alpha value is -3.58. The molecule has 0 saturated carbocycles. The summed E-state index contributed by atoms with van der Waals surface area (Å²) in [7, 11) is 1.21. The fourth-order valence-corrected chi connectivity index (χ4v) is 4.59. The van der Waals surface area contributed by atoms with Gasteiger partial charge in [-0.15, -0.1) is 11.3 Å². The molecule has 3 heterocycles. The molecule has 1 aromatic carbocycles. The van der Waals surface area contributed by atoms with E-state index in [0.29, 0.717) is 16.1 Å². The molecule has 1 amide bonds. The van der Waals surface area contributed by atoms with Crippen molar-refractivity contribution in [2.75, 3.05) is 19.0 Å². The maximum Gasteiger partial charge on any atom is 0.433 e. The molecule has 9 nitrogen and oxygen atoms in total.